The lowest BCUT2D eigenvalue weighted by Crippen LogP contribution is -1.88. The fourth-order valence-corrected chi connectivity index (χ4v) is 4.94. The summed E-state index contributed by atoms with van der Waals surface area (Å²) in [5.74, 6) is 3.13. The highest BCUT2D eigenvalue weighted by Gasteiger charge is 2.10. The van der Waals surface area contributed by atoms with Gasteiger partial charge in [0.05, 0.1) is 11.0 Å². The van der Waals surface area contributed by atoms with E-state index < -0.39 is 0 Å². The van der Waals surface area contributed by atoms with Crippen molar-refractivity contribution in [1.29, 1.82) is 0 Å². The van der Waals surface area contributed by atoms with Crippen molar-refractivity contribution in [3.63, 3.8) is 0 Å². The number of ether oxygens (including phenoxy) is 2. The number of rotatable bonds is 6. The molecule has 0 bridgehead atoms. The molecule has 35 heavy (non-hydrogen) atoms. The molecule has 6 rings (SSSR count). The number of hydrogen-bond acceptors (Lipinski definition) is 5. The van der Waals surface area contributed by atoms with Crippen molar-refractivity contribution < 1.29 is 9.47 Å². The van der Waals surface area contributed by atoms with E-state index in [1.54, 1.807) is 11.8 Å². The predicted octanol–water partition coefficient (Wildman–Crippen LogP) is 8.52. The molecule has 0 N–H and O–H groups in total. The molecular formula is C30H20N2O2S. The molecule has 2 heterocycles. The summed E-state index contributed by atoms with van der Waals surface area (Å²) in [6.45, 7) is 0. The predicted molar refractivity (Wildman–Crippen MR) is 141 cm³/mol. The molecule has 0 unspecified atom stereocenters. The largest absolute Gasteiger partial charge is 0.457 e. The number of para-hydroxylation sites is 2. The number of pyridine rings is 2. The summed E-state index contributed by atoms with van der Waals surface area (Å²) in [4.78, 5) is 11.4. The van der Waals surface area contributed by atoms with Gasteiger partial charge in [-0.2, -0.15) is 0 Å². The Hall–Kier alpha value is -4.35. The van der Waals surface area contributed by atoms with Gasteiger partial charge in [0.25, 0.3) is 0 Å². The summed E-state index contributed by atoms with van der Waals surface area (Å²) in [6.07, 6.45) is 3.68. The quantitative estimate of drug-likeness (QED) is 0.243. The average Bonchev–Trinajstić information content (AvgIpc) is 2.90. The van der Waals surface area contributed by atoms with Gasteiger partial charge in [-0.1, -0.05) is 48.2 Å². The van der Waals surface area contributed by atoms with Crippen molar-refractivity contribution in [1.82, 2.24) is 9.97 Å². The van der Waals surface area contributed by atoms with Gasteiger partial charge in [0.15, 0.2) is 0 Å². The van der Waals surface area contributed by atoms with E-state index in [4.69, 9.17) is 9.47 Å². The molecule has 0 saturated carbocycles. The molecule has 0 aliphatic rings. The lowest BCUT2D eigenvalue weighted by molar-refractivity contribution is 0.483. The van der Waals surface area contributed by atoms with Gasteiger partial charge in [0, 0.05) is 45.1 Å². The first-order valence-electron chi connectivity index (χ1n) is 11.2. The van der Waals surface area contributed by atoms with Crippen molar-refractivity contribution in [2.24, 2.45) is 0 Å². The maximum absolute atomic E-state index is 5.99. The van der Waals surface area contributed by atoms with Gasteiger partial charge >= 0.3 is 0 Å². The molecule has 0 radical (unpaired) electrons. The van der Waals surface area contributed by atoms with E-state index in [2.05, 4.69) is 22.1 Å². The topological polar surface area (TPSA) is 44.2 Å². The Balaban J connectivity index is 1.29. The first-order valence-corrected chi connectivity index (χ1v) is 12.0. The second-order valence-corrected chi connectivity index (χ2v) is 8.99. The fraction of sp³-hybridized carbons (Fsp3) is 0. The van der Waals surface area contributed by atoms with E-state index in [1.807, 2.05) is 109 Å². The molecule has 0 aliphatic carbocycles. The molecule has 0 saturated heterocycles. The highest BCUT2D eigenvalue weighted by atomic mass is 32.2. The molecule has 0 aliphatic heterocycles. The van der Waals surface area contributed by atoms with E-state index in [0.717, 1.165) is 54.6 Å². The number of hydrogen-bond donors (Lipinski definition) is 0. The molecule has 2 aromatic heterocycles. The molecular weight excluding hydrogens is 452 g/mol. The Morgan fingerprint density at radius 2 is 0.914 bits per heavy atom. The Morgan fingerprint density at radius 3 is 1.37 bits per heavy atom. The van der Waals surface area contributed by atoms with E-state index in [9.17, 15) is 0 Å². The Bertz CT molecular complexity index is 1500. The maximum Gasteiger partial charge on any atom is 0.129 e. The number of nitrogens with zero attached hydrogens (tertiary/aromatic N) is 2. The van der Waals surface area contributed by atoms with Crippen molar-refractivity contribution in [2.75, 3.05) is 0 Å². The van der Waals surface area contributed by atoms with E-state index in [0.29, 0.717) is 0 Å². The van der Waals surface area contributed by atoms with Crippen LogP contribution in [0.4, 0.5) is 0 Å². The van der Waals surface area contributed by atoms with Crippen LogP contribution in [0, 0.1) is 0 Å². The highest BCUT2D eigenvalue weighted by molar-refractivity contribution is 7.99. The molecule has 0 spiro atoms. The van der Waals surface area contributed by atoms with Gasteiger partial charge in [-0.25, -0.2) is 0 Å². The standard InChI is InChI=1S/C30H20N2O2S/c1-3-7-21(8-4-1)33-23-11-13-25-27(19-23)31-17-15-29(25)35-30-16-18-32-28-20-24(12-14-26(28)30)34-22-9-5-2-6-10-22/h1-20H. The summed E-state index contributed by atoms with van der Waals surface area (Å²) in [5, 5.41) is 2.15. The normalized spacial score (nSPS) is 11.0. The van der Waals surface area contributed by atoms with E-state index in [1.165, 1.54) is 0 Å². The maximum atomic E-state index is 5.99. The SMILES string of the molecule is c1ccc(Oc2ccc3c(Sc4ccnc5cc(Oc6ccccc6)ccc45)ccnc3c2)cc1. The molecule has 4 nitrogen and oxygen atoms in total. The summed E-state index contributed by atoms with van der Waals surface area (Å²) >= 11 is 1.70. The van der Waals surface area contributed by atoms with E-state index in [-0.39, 0.29) is 0 Å². The third-order valence-electron chi connectivity index (χ3n) is 5.53. The lowest BCUT2D eigenvalue weighted by atomic mass is 10.2. The zero-order valence-electron chi connectivity index (χ0n) is 18.7. The Labute approximate surface area is 207 Å². The zero-order valence-corrected chi connectivity index (χ0v) is 19.5. The van der Waals surface area contributed by atoms with Crippen LogP contribution in [-0.4, -0.2) is 9.97 Å². The molecule has 0 amide bonds. The van der Waals surface area contributed by atoms with Gasteiger partial charge in [-0.3, -0.25) is 9.97 Å². The van der Waals surface area contributed by atoms with Crippen LogP contribution >= 0.6 is 11.8 Å². The average molecular weight is 473 g/mol. The van der Waals surface area contributed by atoms with Crippen molar-refractivity contribution in [3.05, 3.63) is 122 Å². The molecule has 168 valence electrons. The lowest BCUT2D eigenvalue weighted by Gasteiger charge is -2.11. The number of benzene rings is 4. The zero-order chi connectivity index (χ0) is 23.5. The molecule has 4 aromatic carbocycles. The molecule has 6 aromatic rings. The van der Waals surface area contributed by atoms with Crippen molar-refractivity contribution in [2.45, 2.75) is 9.79 Å². The number of fused-ring (bicyclic) bond motifs is 2. The first-order chi connectivity index (χ1) is 17.3. The Morgan fingerprint density at radius 1 is 0.457 bits per heavy atom. The van der Waals surface area contributed by atoms with Gasteiger partial charge in [0.1, 0.15) is 23.0 Å². The second kappa shape index (κ2) is 9.49. The monoisotopic (exact) mass is 472 g/mol. The molecule has 5 heteroatoms. The third kappa shape index (κ3) is 4.67. The van der Waals surface area contributed by atoms with Gasteiger partial charge < -0.3 is 9.47 Å². The van der Waals surface area contributed by atoms with Crippen LogP contribution in [0.25, 0.3) is 21.8 Å². The van der Waals surface area contributed by atoms with Gasteiger partial charge in [0.2, 0.25) is 0 Å². The number of aromatic nitrogens is 2. The summed E-state index contributed by atoms with van der Waals surface area (Å²) in [5.41, 5.74) is 1.78. The van der Waals surface area contributed by atoms with Crippen molar-refractivity contribution >= 4 is 33.6 Å². The molecule has 0 atom stereocenters. The minimum Gasteiger partial charge on any atom is -0.457 e. The molecule has 0 fully saturated rings. The summed E-state index contributed by atoms with van der Waals surface area (Å²) < 4.78 is 12.0. The summed E-state index contributed by atoms with van der Waals surface area (Å²) in [7, 11) is 0. The van der Waals surface area contributed by atoms with Crippen LogP contribution in [0.15, 0.2) is 131 Å². The van der Waals surface area contributed by atoms with E-state index >= 15 is 0 Å². The van der Waals surface area contributed by atoms with Gasteiger partial charge in [-0.15, -0.1) is 0 Å². The van der Waals surface area contributed by atoms with Crippen LogP contribution in [0.3, 0.4) is 0 Å². The smallest absolute Gasteiger partial charge is 0.129 e. The van der Waals surface area contributed by atoms with Crippen LogP contribution in [0.2, 0.25) is 0 Å². The second-order valence-electron chi connectivity index (χ2n) is 7.91. The van der Waals surface area contributed by atoms with Gasteiger partial charge in [-0.05, 0) is 60.7 Å². The Kier molecular flexibility index (Phi) is 5.75. The van der Waals surface area contributed by atoms with Crippen LogP contribution in [0.1, 0.15) is 0 Å². The minimum atomic E-state index is 0.763. The van der Waals surface area contributed by atoms with Crippen molar-refractivity contribution in [3.8, 4) is 23.0 Å². The first kappa shape index (κ1) is 21.2. The highest BCUT2D eigenvalue weighted by Crippen LogP contribution is 2.38. The van der Waals surface area contributed by atoms with Crippen LogP contribution in [-0.2, 0) is 0 Å². The fourth-order valence-electron chi connectivity index (χ4n) is 3.88. The van der Waals surface area contributed by atoms with Crippen LogP contribution in [0.5, 0.6) is 23.0 Å². The third-order valence-corrected chi connectivity index (χ3v) is 6.68. The van der Waals surface area contributed by atoms with Crippen LogP contribution < -0.4 is 9.47 Å². The summed E-state index contributed by atoms with van der Waals surface area (Å²) in [6, 6.07) is 35.7. The minimum absolute atomic E-state index is 0.763.